The molecule has 1 aliphatic heterocycles. The van der Waals surface area contributed by atoms with Crippen molar-refractivity contribution in [2.75, 3.05) is 13.1 Å². The summed E-state index contributed by atoms with van der Waals surface area (Å²) in [6.07, 6.45) is 2.26. The van der Waals surface area contributed by atoms with Crippen molar-refractivity contribution >= 4 is 5.91 Å². The van der Waals surface area contributed by atoms with E-state index in [1.165, 1.54) is 12.1 Å². The van der Waals surface area contributed by atoms with Gasteiger partial charge in [0.05, 0.1) is 0 Å². The Bertz CT molecular complexity index is 455. The van der Waals surface area contributed by atoms with Crippen molar-refractivity contribution in [1.29, 1.82) is 0 Å². The van der Waals surface area contributed by atoms with E-state index in [9.17, 15) is 9.18 Å². The number of nitrogens with one attached hydrogen (secondary N) is 2. The van der Waals surface area contributed by atoms with E-state index in [0.717, 1.165) is 31.5 Å². The Labute approximate surface area is 113 Å². The Morgan fingerprint density at radius 3 is 3.00 bits per heavy atom. The predicted octanol–water partition coefficient (Wildman–Crippen LogP) is 2.25. The van der Waals surface area contributed by atoms with Crippen LogP contribution in [0.5, 0.6) is 0 Å². The van der Waals surface area contributed by atoms with Crippen molar-refractivity contribution in [3.05, 3.63) is 35.1 Å². The number of hydrogen-bond acceptors (Lipinski definition) is 2. The molecule has 19 heavy (non-hydrogen) atoms. The van der Waals surface area contributed by atoms with Crippen molar-refractivity contribution in [2.24, 2.45) is 5.92 Å². The van der Waals surface area contributed by atoms with Gasteiger partial charge in [0.2, 0.25) is 0 Å². The van der Waals surface area contributed by atoms with Crippen molar-refractivity contribution in [3.63, 3.8) is 0 Å². The minimum Gasteiger partial charge on any atom is -0.349 e. The summed E-state index contributed by atoms with van der Waals surface area (Å²) in [6.45, 7) is 5.83. The lowest BCUT2D eigenvalue weighted by molar-refractivity contribution is 0.0921. The number of hydrogen-bond donors (Lipinski definition) is 2. The normalized spacial score (nSPS) is 20.9. The monoisotopic (exact) mass is 264 g/mol. The fourth-order valence-electron chi connectivity index (χ4n) is 2.55. The Kier molecular flexibility index (Phi) is 4.53. The van der Waals surface area contributed by atoms with Gasteiger partial charge in [-0.05, 0) is 63.4 Å². The van der Waals surface area contributed by atoms with E-state index < -0.39 is 0 Å². The van der Waals surface area contributed by atoms with E-state index in [-0.39, 0.29) is 17.8 Å². The van der Waals surface area contributed by atoms with Gasteiger partial charge in [0.1, 0.15) is 5.82 Å². The molecular weight excluding hydrogens is 243 g/mol. The average molecular weight is 264 g/mol. The summed E-state index contributed by atoms with van der Waals surface area (Å²) in [5.41, 5.74) is 1.23. The van der Waals surface area contributed by atoms with Crippen LogP contribution in [0.1, 0.15) is 35.7 Å². The van der Waals surface area contributed by atoms with Crippen LogP contribution in [0.2, 0.25) is 0 Å². The maximum Gasteiger partial charge on any atom is 0.251 e. The number of aryl methyl sites for hydroxylation is 1. The number of rotatable bonds is 3. The maximum atomic E-state index is 13.2. The van der Waals surface area contributed by atoms with Crippen LogP contribution < -0.4 is 10.6 Å². The fourth-order valence-corrected chi connectivity index (χ4v) is 2.55. The minimum atomic E-state index is -0.372. The van der Waals surface area contributed by atoms with Crippen LogP contribution in [0.25, 0.3) is 0 Å². The molecule has 2 N–H and O–H groups in total. The summed E-state index contributed by atoms with van der Waals surface area (Å²) >= 11 is 0. The number of carbonyl (C=O) groups is 1. The topological polar surface area (TPSA) is 41.1 Å². The molecule has 2 unspecified atom stereocenters. The van der Waals surface area contributed by atoms with Crippen LogP contribution in [-0.2, 0) is 0 Å². The lowest BCUT2D eigenvalue weighted by Crippen LogP contribution is -2.44. The van der Waals surface area contributed by atoms with E-state index in [4.69, 9.17) is 0 Å². The quantitative estimate of drug-likeness (QED) is 0.879. The average Bonchev–Trinajstić information content (AvgIpc) is 2.42. The van der Waals surface area contributed by atoms with Crippen molar-refractivity contribution in [1.82, 2.24) is 10.6 Å². The van der Waals surface area contributed by atoms with E-state index in [1.807, 2.05) is 13.8 Å². The lowest BCUT2D eigenvalue weighted by atomic mass is 9.92. The van der Waals surface area contributed by atoms with Gasteiger partial charge in [0.25, 0.3) is 5.91 Å². The lowest BCUT2D eigenvalue weighted by Gasteiger charge is -2.29. The Balaban J connectivity index is 2.01. The van der Waals surface area contributed by atoms with E-state index in [2.05, 4.69) is 10.6 Å². The molecule has 1 aromatic carbocycles. The first kappa shape index (κ1) is 14.0. The molecule has 0 aliphatic carbocycles. The van der Waals surface area contributed by atoms with Crippen LogP contribution in [0.15, 0.2) is 18.2 Å². The first-order chi connectivity index (χ1) is 9.08. The van der Waals surface area contributed by atoms with Crippen LogP contribution >= 0.6 is 0 Å². The summed E-state index contributed by atoms with van der Waals surface area (Å²) in [6, 6.07) is 4.41. The second-order valence-corrected chi connectivity index (χ2v) is 5.33. The third kappa shape index (κ3) is 3.53. The van der Waals surface area contributed by atoms with E-state index in [1.54, 1.807) is 6.07 Å². The number of amides is 1. The summed E-state index contributed by atoms with van der Waals surface area (Å²) in [7, 11) is 0. The molecule has 2 atom stereocenters. The van der Waals surface area contributed by atoms with Crippen LogP contribution in [0.3, 0.4) is 0 Å². The third-order valence-corrected chi connectivity index (χ3v) is 3.85. The Morgan fingerprint density at radius 2 is 2.32 bits per heavy atom. The molecule has 0 radical (unpaired) electrons. The highest BCUT2D eigenvalue weighted by molar-refractivity contribution is 5.95. The molecule has 1 aromatic rings. The van der Waals surface area contributed by atoms with Gasteiger partial charge in [-0.15, -0.1) is 0 Å². The van der Waals surface area contributed by atoms with Gasteiger partial charge in [-0.1, -0.05) is 6.07 Å². The fraction of sp³-hybridized carbons (Fsp3) is 0.533. The van der Waals surface area contributed by atoms with Crippen LogP contribution in [-0.4, -0.2) is 25.0 Å². The van der Waals surface area contributed by atoms with Crippen LogP contribution in [0.4, 0.5) is 4.39 Å². The molecule has 1 amide bonds. The maximum absolute atomic E-state index is 13.2. The first-order valence-electron chi connectivity index (χ1n) is 6.85. The molecule has 0 saturated carbocycles. The minimum absolute atomic E-state index is 0.1000. The molecule has 1 saturated heterocycles. The summed E-state index contributed by atoms with van der Waals surface area (Å²) < 4.78 is 13.2. The zero-order chi connectivity index (χ0) is 13.8. The van der Waals surface area contributed by atoms with Gasteiger partial charge in [0.15, 0.2) is 0 Å². The number of halogens is 1. The van der Waals surface area contributed by atoms with Gasteiger partial charge in [0, 0.05) is 11.6 Å². The number of carbonyl (C=O) groups excluding carboxylic acids is 1. The van der Waals surface area contributed by atoms with Gasteiger partial charge in [-0.2, -0.15) is 0 Å². The second-order valence-electron chi connectivity index (χ2n) is 5.33. The van der Waals surface area contributed by atoms with E-state index >= 15 is 0 Å². The van der Waals surface area contributed by atoms with Gasteiger partial charge in [-0.3, -0.25) is 4.79 Å². The molecule has 4 heteroatoms. The zero-order valence-electron chi connectivity index (χ0n) is 11.5. The molecular formula is C15H21FN2O. The SMILES string of the molecule is Cc1ccc(F)cc1C(=O)NC(C)C1CCCNC1. The highest BCUT2D eigenvalue weighted by Gasteiger charge is 2.22. The molecule has 0 aromatic heterocycles. The highest BCUT2D eigenvalue weighted by Crippen LogP contribution is 2.16. The van der Waals surface area contributed by atoms with Crippen molar-refractivity contribution in [2.45, 2.75) is 32.7 Å². The van der Waals surface area contributed by atoms with E-state index in [0.29, 0.717) is 11.5 Å². The molecule has 104 valence electrons. The van der Waals surface area contributed by atoms with Gasteiger partial charge >= 0.3 is 0 Å². The zero-order valence-corrected chi connectivity index (χ0v) is 11.5. The van der Waals surface area contributed by atoms with Gasteiger partial charge in [-0.25, -0.2) is 4.39 Å². The molecule has 1 aliphatic rings. The van der Waals surface area contributed by atoms with Crippen molar-refractivity contribution in [3.8, 4) is 0 Å². The Hall–Kier alpha value is -1.42. The Morgan fingerprint density at radius 1 is 1.53 bits per heavy atom. The summed E-state index contributed by atoms with van der Waals surface area (Å²) in [5.74, 6) is -0.107. The first-order valence-corrected chi connectivity index (χ1v) is 6.85. The standard InChI is InChI=1S/C15H21FN2O/c1-10-5-6-13(16)8-14(10)15(19)18-11(2)12-4-3-7-17-9-12/h5-6,8,11-12,17H,3-4,7,9H2,1-2H3,(H,18,19). The molecule has 3 nitrogen and oxygen atoms in total. The summed E-state index contributed by atoms with van der Waals surface area (Å²) in [5, 5.41) is 6.33. The molecule has 0 spiro atoms. The molecule has 1 heterocycles. The highest BCUT2D eigenvalue weighted by atomic mass is 19.1. The smallest absolute Gasteiger partial charge is 0.251 e. The van der Waals surface area contributed by atoms with Gasteiger partial charge < -0.3 is 10.6 Å². The molecule has 2 rings (SSSR count). The molecule has 1 fully saturated rings. The number of piperidine rings is 1. The third-order valence-electron chi connectivity index (χ3n) is 3.85. The summed E-state index contributed by atoms with van der Waals surface area (Å²) in [4.78, 5) is 12.2. The van der Waals surface area contributed by atoms with Crippen LogP contribution in [0, 0.1) is 18.7 Å². The van der Waals surface area contributed by atoms with Crippen molar-refractivity contribution < 1.29 is 9.18 Å². The second kappa shape index (κ2) is 6.15. The molecule has 0 bridgehead atoms. The largest absolute Gasteiger partial charge is 0.349 e. The predicted molar refractivity (Wildman–Crippen MR) is 73.7 cm³/mol. The number of benzene rings is 1.